The number of anilines is 1. The Morgan fingerprint density at radius 1 is 1.15 bits per heavy atom. The molecular weight excluding hydrogens is 420 g/mol. The average Bonchev–Trinajstić information content (AvgIpc) is 3.43. The van der Waals surface area contributed by atoms with Gasteiger partial charge in [0.05, 0.1) is 19.8 Å². The number of para-hydroxylation sites is 1. The van der Waals surface area contributed by atoms with Crippen LogP contribution < -0.4 is 15.4 Å². The van der Waals surface area contributed by atoms with Crippen molar-refractivity contribution in [2.75, 3.05) is 38.6 Å². The van der Waals surface area contributed by atoms with Crippen molar-refractivity contribution in [3.63, 3.8) is 0 Å². The van der Waals surface area contributed by atoms with E-state index in [1.807, 2.05) is 53.4 Å². The van der Waals surface area contributed by atoms with Gasteiger partial charge in [0.25, 0.3) is 0 Å². The van der Waals surface area contributed by atoms with Crippen molar-refractivity contribution in [3.8, 4) is 5.75 Å². The third kappa shape index (κ3) is 4.52. The fourth-order valence-electron chi connectivity index (χ4n) is 4.80. The van der Waals surface area contributed by atoms with E-state index in [1.165, 1.54) is 0 Å². The molecule has 8 nitrogen and oxygen atoms in total. The lowest BCUT2D eigenvalue weighted by Gasteiger charge is -2.40. The van der Waals surface area contributed by atoms with Gasteiger partial charge in [0.1, 0.15) is 11.3 Å². The Hall–Kier alpha value is -3.52. The predicted octanol–water partition coefficient (Wildman–Crippen LogP) is 3.09. The summed E-state index contributed by atoms with van der Waals surface area (Å²) in [6, 6.07) is 15.3. The number of amides is 3. The number of fused-ring (bicyclic) bond motifs is 3. The van der Waals surface area contributed by atoms with Crippen molar-refractivity contribution in [2.45, 2.75) is 24.9 Å². The second kappa shape index (κ2) is 9.15. The van der Waals surface area contributed by atoms with E-state index in [9.17, 15) is 9.59 Å². The van der Waals surface area contributed by atoms with Gasteiger partial charge in [-0.25, -0.2) is 4.79 Å². The number of ether oxygens (including phenoxy) is 1. The van der Waals surface area contributed by atoms with Crippen LogP contribution in [0.15, 0.2) is 59.2 Å². The van der Waals surface area contributed by atoms with E-state index in [-0.39, 0.29) is 30.4 Å². The fraction of sp³-hybridized carbons (Fsp3) is 0.360. The van der Waals surface area contributed by atoms with Crippen LogP contribution in [0.1, 0.15) is 12.0 Å². The molecular formula is C25H28N4O4. The number of benzene rings is 2. The van der Waals surface area contributed by atoms with Gasteiger partial charge in [-0.2, -0.15) is 0 Å². The first kappa shape index (κ1) is 21.3. The Morgan fingerprint density at radius 2 is 2.00 bits per heavy atom. The first-order valence-corrected chi connectivity index (χ1v) is 11.3. The molecule has 2 N–H and O–H groups in total. The third-order valence-corrected chi connectivity index (χ3v) is 6.59. The maximum absolute atomic E-state index is 12.9. The second-order valence-electron chi connectivity index (χ2n) is 8.64. The summed E-state index contributed by atoms with van der Waals surface area (Å²) in [6.45, 7) is 2.88. The van der Waals surface area contributed by atoms with Crippen LogP contribution in [0.2, 0.25) is 0 Å². The minimum atomic E-state index is -0.0793. The summed E-state index contributed by atoms with van der Waals surface area (Å²) < 4.78 is 10.8. The smallest absolute Gasteiger partial charge is 0.322 e. The van der Waals surface area contributed by atoms with Crippen LogP contribution in [0.3, 0.4) is 0 Å². The highest BCUT2D eigenvalue weighted by Crippen LogP contribution is 2.27. The van der Waals surface area contributed by atoms with Crippen molar-refractivity contribution in [1.29, 1.82) is 0 Å². The third-order valence-electron chi connectivity index (χ3n) is 6.59. The van der Waals surface area contributed by atoms with Crippen LogP contribution in [0.25, 0.3) is 11.0 Å². The number of hydrogen-bond donors (Lipinski definition) is 2. The number of piperazine rings is 1. The van der Waals surface area contributed by atoms with Crippen LogP contribution in [0.4, 0.5) is 10.5 Å². The number of rotatable bonds is 6. The number of carbonyl (C=O) groups is 2. The number of urea groups is 1. The van der Waals surface area contributed by atoms with E-state index in [1.54, 1.807) is 13.4 Å². The molecule has 2 fully saturated rings. The Bertz CT molecular complexity index is 1150. The molecule has 1 aromatic heterocycles. The SMILES string of the molecule is COc1ccc2c(CC(=O)NC[C@H]3CN(C(=O)Nc4ccccc4)[C@H]4CCN3C4)coc2c1. The maximum atomic E-state index is 12.9. The summed E-state index contributed by atoms with van der Waals surface area (Å²) >= 11 is 0. The Morgan fingerprint density at radius 3 is 2.82 bits per heavy atom. The van der Waals surface area contributed by atoms with Crippen molar-refractivity contribution >= 4 is 28.6 Å². The normalized spacial score (nSPS) is 21.7. The van der Waals surface area contributed by atoms with Crippen molar-refractivity contribution in [2.24, 2.45) is 0 Å². The van der Waals surface area contributed by atoms with E-state index < -0.39 is 0 Å². The molecule has 0 aliphatic carbocycles. The van der Waals surface area contributed by atoms with Gasteiger partial charge in [0.15, 0.2) is 0 Å². The molecule has 172 valence electrons. The molecule has 8 heteroatoms. The maximum Gasteiger partial charge on any atom is 0.322 e. The summed E-state index contributed by atoms with van der Waals surface area (Å²) in [5.41, 5.74) is 2.34. The van der Waals surface area contributed by atoms with Crippen LogP contribution in [-0.2, 0) is 11.2 Å². The van der Waals surface area contributed by atoms with Gasteiger partial charge in [-0.15, -0.1) is 0 Å². The lowest BCUT2D eigenvalue weighted by atomic mass is 10.1. The Kier molecular flexibility index (Phi) is 5.92. The average molecular weight is 449 g/mol. The summed E-state index contributed by atoms with van der Waals surface area (Å²) in [5.74, 6) is 0.657. The monoisotopic (exact) mass is 448 g/mol. The van der Waals surface area contributed by atoms with Crippen LogP contribution in [0, 0.1) is 0 Å². The lowest BCUT2D eigenvalue weighted by molar-refractivity contribution is -0.120. The summed E-state index contributed by atoms with van der Waals surface area (Å²) in [7, 11) is 1.61. The van der Waals surface area contributed by atoms with E-state index in [2.05, 4.69) is 15.5 Å². The molecule has 1 unspecified atom stereocenters. The molecule has 0 radical (unpaired) electrons. The van der Waals surface area contributed by atoms with Crippen LogP contribution in [0.5, 0.6) is 5.75 Å². The van der Waals surface area contributed by atoms with Crippen molar-refractivity contribution < 1.29 is 18.7 Å². The Labute approximate surface area is 192 Å². The molecule has 5 rings (SSSR count). The number of carbonyl (C=O) groups excluding carboxylic acids is 2. The molecule has 3 heterocycles. The Balaban J connectivity index is 1.19. The minimum absolute atomic E-state index is 0.0601. The summed E-state index contributed by atoms with van der Waals surface area (Å²) in [6.07, 6.45) is 2.83. The molecule has 3 amide bonds. The molecule has 2 bridgehead atoms. The first-order chi connectivity index (χ1) is 16.1. The van der Waals surface area contributed by atoms with E-state index >= 15 is 0 Å². The topological polar surface area (TPSA) is 87.0 Å². The number of nitrogens with zero attached hydrogens (tertiary/aromatic N) is 2. The molecule has 0 saturated carbocycles. The number of methoxy groups -OCH3 is 1. The van der Waals surface area contributed by atoms with Gasteiger partial charge in [-0.1, -0.05) is 18.2 Å². The summed E-state index contributed by atoms with van der Waals surface area (Å²) in [5, 5.41) is 6.97. The van der Waals surface area contributed by atoms with E-state index in [0.29, 0.717) is 18.7 Å². The van der Waals surface area contributed by atoms with Gasteiger partial charge in [-0.05, 0) is 30.7 Å². The van der Waals surface area contributed by atoms with Gasteiger partial charge in [-0.3, -0.25) is 9.69 Å². The quantitative estimate of drug-likeness (QED) is 0.605. The number of hydrogen-bond acceptors (Lipinski definition) is 5. The van der Waals surface area contributed by atoms with Gasteiger partial charge < -0.3 is 24.7 Å². The molecule has 0 spiro atoms. The zero-order valence-corrected chi connectivity index (χ0v) is 18.6. The second-order valence-corrected chi connectivity index (χ2v) is 8.64. The first-order valence-electron chi connectivity index (χ1n) is 11.3. The highest BCUT2D eigenvalue weighted by Gasteiger charge is 2.40. The minimum Gasteiger partial charge on any atom is -0.497 e. The van der Waals surface area contributed by atoms with Gasteiger partial charge >= 0.3 is 6.03 Å². The highest BCUT2D eigenvalue weighted by molar-refractivity contribution is 5.90. The number of nitrogens with one attached hydrogen (secondary N) is 2. The predicted molar refractivity (Wildman–Crippen MR) is 125 cm³/mol. The standard InChI is InChI=1S/C25H28N4O4/c1-32-21-7-8-22-17(16-33-23(22)12-21)11-24(30)26-13-20-15-29(19-9-10-28(20)14-19)25(31)27-18-5-3-2-4-6-18/h2-8,12,16,19-20H,9-11,13-15H2,1H3,(H,26,30)(H,27,31)/t19-,20-/m0/s1. The van der Waals surface area contributed by atoms with Crippen LogP contribution in [-0.4, -0.2) is 67.1 Å². The fourth-order valence-corrected chi connectivity index (χ4v) is 4.80. The van der Waals surface area contributed by atoms with Crippen LogP contribution >= 0.6 is 0 Å². The zero-order chi connectivity index (χ0) is 22.8. The molecule has 2 aliphatic heterocycles. The summed E-state index contributed by atoms with van der Waals surface area (Å²) in [4.78, 5) is 29.9. The van der Waals surface area contributed by atoms with E-state index in [4.69, 9.17) is 9.15 Å². The largest absolute Gasteiger partial charge is 0.497 e. The van der Waals surface area contributed by atoms with Crippen molar-refractivity contribution in [1.82, 2.24) is 15.1 Å². The highest BCUT2D eigenvalue weighted by atomic mass is 16.5. The molecule has 3 atom stereocenters. The van der Waals surface area contributed by atoms with Crippen molar-refractivity contribution in [3.05, 3.63) is 60.4 Å². The van der Waals surface area contributed by atoms with Gasteiger partial charge in [0, 0.05) is 61.0 Å². The molecule has 2 aliphatic rings. The molecule has 2 aromatic carbocycles. The van der Waals surface area contributed by atoms with Gasteiger partial charge in [0.2, 0.25) is 5.91 Å². The number of furan rings is 1. The lowest BCUT2D eigenvalue weighted by Crippen LogP contribution is -2.58. The zero-order valence-electron chi connectivity index (χ0n) is 18.6. The molecule has 2 saturated heterocycles. The van der Waals surface area contributed by atoms with E-state index in [0.717, 1.165) is 41.9 Å². The molecule has 3 aromatic rings. The molecule has 33 heavy (non-hydrogen) atoms.